The Morgan fingerprint density at radius 1 is 0.422 bits per heavy atom. The molecule has 45 heavy (non-hydrogen) atoms. The van der Waals surface area contributed by atoms with Gasteiger partial charge in [-0.05, 0) is 70.8 Å². The number of rotatable bonds is 5. The van der Waals surface area contributed by atoms with E-state index in [2.05, 4.69) is 157 Å². The minimum Gasteiger partial charge on any atom is -0.454 e. The van der Waals surface area contributed by atoms with Gasteiger partial charge in [0.25, 0.3) is 0 Å². The summed E-state index contributed by atoms with van der Waals surface area (Å²) in [6.07, 6.45) is 0. The van der Waals surface area contributed by atoms with E-state index in [9.17, 15) is 0 Å². The average molecular weight is 594 g/mol. The molecule has 0 spiro atoms. The van der Waals surface area contributed by atoms with Gasteiger partial charge in [-0.1, -0.05) is 115 Å². The number of hydrogen-bond donors (Lipinski definition) is 0. The first-order chi connectivity index (χ1) is 22.3. The summed E-state index contributed by atoms with van der Waals surface area (Å²) in [7, 11) is 0. The van der Waals surface area contributed by atoms with Gasteiger partial charge in [-0.3, -0.25) is 0 Å². The number of nitrogens with zero attached hydrogens (tertiary/aromatic N) is 1. The number of benzene rings is 7. The predicted octanol–water partition coefficient (Wildman–Crippen LogP) is 12.8. The lowest BCUT2D eigenvalue weighted by Crippen LogP contribution is -2.10. The van der Waals surface area contributed by atoms with Crippen molar-refractivity contribution in [3.63, 3.8) is 0 Å². The smallest absolute Gasteiger partial charge is 0.159 e. The van der Waals surface area contributed by atoms with Crippen molar-refractivity contribution in [2.45, 2.75) is 0 Å². The highest BCUT2D eigenvalue weighted by Gasteiger charge is 2.20. The maximum Gasteiger partial charge on any atom is 0.159 e. The molecule has 0 bridgehead atoms. The molecule has 0 unspecified atom stereocenters. The molecule has 0 fully saturated rings. The highest BCUT2D eigenvalue weighted by atomic mass is 32.1. The number of hydrogen-bond acceptors (Lipinski definition) is 3. The minimum atomic E-state index is 0.882. The zero-order valence-electron chi connectivity index (χ0n) is 24.4. The van der Waals surface area contributed by atoms with Crippen LogP contribution in [0.1, 0.15) is 0 Å². The standard InChI is InChI=1S/C42H27NOS/c1-2-11-28(12-3-1)32-13-4-5-14-33(32)29-21-23-30(24-22-29)43(31-25-26-41-37(27-31)35-16-7-9-20-40(35)45-41)38-18-10-17-36-34-15-6-8-19-39(34)44-42(36)38/h1-27H. The molecule has 3 heteroatoms. The third kappa shape index (κ3) is 4.32. The fourth-order valence-electron chi connectivity index (χ4n) is 6.58. The Labute approximate surface area is 265 Å². The van der Waals surface area contributed by atoms with Crippen LogP contribution in [-0.4, -0.2) is 0 Å². The van der Waals surface area contributed by atoms with Crippen LogP contribution in [0, 0.1) is 0 Å². The molecule has 212 valence electrons. The van der Waals surface area contributed by atoms with Crippen molar-refractivity contribution in [1.82, 2.24) is 0 Å². The summed E-state index contributed by atoms with van der Waals surface area (Å²) in [5.41, 5.74) is 9.79. The molecule has 0 radical (unpaired) electrons. The van der Waals surface area contributed by atoms with Crippen LogP contribution < -0.4 is 4.90 Å². The number of fused-ring (bicyclic) bond motifs is 6. The third-order valence-corrected chi connectivity index (χ3v) is 9.84. The van der Waals surface area contributed by atoms with Gasteiger partial charge in [-0.2, -0.15) is 0 Å². The molecule has 0 atom stereocenters. The zero-order chi connectivity index (χ0) is 29.7. The molecular formula is C42H27NOS. The van der Waals surface area contributed by atoms with Crippen LogP contribution in [0.5, 0.6) is 0 Å². The minimum absolute atomic E-state index is 0.882. The normalized spacial score (nSPS) is 11.6. The Bertz CT molecular complexity index is 2490. The van der Waals surface area contributed by atoms with E-state index in [0.29, 0.717) is 0 Å². The number of anilines is 3. The molecule has 0 aliphatic heterocycles. The van der Waals surface area contributed by atoms with Gasteiger partial charge < -0.3 is 9.32 Å². The molecular weight excluding hydrogens is 567 g/mol. The molecule has 0 N–H and O–H groups in total. The third-order valence-electron chi connectivity index (χ3n) is 8.69. The fourth-order valence-corrected chi connectivity index (χ4v) is 7.67. The van der Waals surface area contributed by atoms with E-state index in [1.165, 1.54) is 42.4 Å². The summed E-state index contributed by atoms with van der Waals surface area (Å²) in [4.78, 5) is 2.34. The van der Waals surface area contributed by atoms with Crippen molar-refractivity contribution >= 4 is 70.5 Å². The lowest BCUT2D eigenvalue weighted by molar-refractivity contribution is 0.669. The van der Waals surface area contributed by atoms with E-state index in [1.807, 2.05) is 23.5 Å². The molecule has 9 rings (SSSR count). The summed E-state index contributed by atoms with van der Waals surface area (Å²) >= 11 is 1.84. The molecule has 0 amide bonds. The van der Waals surface area contributed by atoms with E-state index < -0.39 is 0 Å². The van der Waals surface area contributed by atoms with Crippen molar-refractivity contribution in [3.8, 4) is 22.3 Å². The van der Waals surface area contributed by atoms with Crippen molar-refractivity contribution in [3.05, 3.63) is 164 Å². The van der Waals surface area contributed by atoms with Crippen LogP contribution in [0.2, 0.25) is 0 Å². The molecule has 0 saturated carbocycles. The summed E-state index contributed by atoms with van der Waals surface area (Å²) in [5, 5.41) is 4.79. The van der Waals surface area contributed by atoms with Gasteiger partial charge in [0.2, 0.25) is 0 Å². The summed E-state index contributed by atoms with van der Waals surface area (Å²) in [5.74, 6) is 0. The molecule has 2 heterocycles. The van der Waals surface area contributed by atoms with E-state index in [4.69, 9.17) is 4.42 Å². The highest BCUT2D eigenvalue weighted by Crippen LogP contribution is 2.45. The largest absolute Gasteiger partial charge is 0.454 e. The van der Waals surface area contributed by atoms with Crippen LogP contribution in [0.4, 0.5) is 17.1 Å². The quantitative estimate of drug-likeness (QED) is 0.197. The van der Waals surface area contributed by atoms with E-state index >= 15 is 0 Å². The van der Waals surface area contributed by atoms with Gasteiger partial charge >= 0.3 is 0 Å². The molecule has 2 nitrogen and oxygen atoms in total. The van der Waals surface area contributed by atoms with Crippen LogP contribution >= 0.6 is 11.3 Å². The summed E-state index contributed by atoms with van der Waals surface area (Å²) < 4.78 is 9.16. The number of para-hydroxylation sites is 2. The van der Waals surface area contributed by atoms with Crippen LogP contribution in [0.15, 0.2) is 168 Å². The van der Waals surface area contributed by atoms with Crippen LogP contribution in [-0.2, 0) is 0 Å². The first kappa shape index (κ1) is 25.8. The second-order valence-corrected chi connectivity index (χ2v) is 12.4. The SMILES string of the molecule is c1ccc(-c2ccccc2-c2ccc(N(c3ccc4sc5ccccc5c4c3)c3cccc4c3oc3ccccc34)cc2)cc1. The summed E-state index contributed by atoms with van der Waals surface area (Å²) in [6.45, 7) is 0. The van der Waals surface area contributed by atoms with Crippen LogP contribution in [0.3, 0.4) is 0 Å². The maximum absolute atomic E-state index is 6.57. The Hall–Kier alpha value is -5.64. The zero-order valence-corrected chi connectivity index (χ0v) is 25.2. The Balaban J connectivity index is 1.24. The van der Waals surface area contributed by atoms with Crippen molar-refractivity contribution in [2.75, 3.05) is 4.90 Å². The maximum atomic E-state index is 6.57. The van der Waals surface area contributed by atoms with E-state index in [-0.39, 0.29) is 0 Å². The Morgan fingerprint density at radius 2 is 1.04 bits per heavy atom. The fraction of sp³-hybridized carbons (Fsp3) is 0. The Morgan fingerprint density at radius 3 is 1.87 bits per heavy atom. The number of furan rings is 1. The van der Waals surface area contributed by atoms with Crippen LogP contribution in [0.25, 0.3) is 64.4 Å². The van der Waals surface area contributed by atoms with Gasteiger partial charge in [0.05, 0.1) is 5.69 Å². The van der Waals surface area contributed by atoms with Gasteiger partial charge in [-0.15, -0.1) is 11.3 Å². The molecule has 2 aromatic heterocycles. The molecule has 0 aliphatic carbocycles. The first-order valence-electron chi connectivity index (χ1n) is 15.2. The molecule has 0 saturated heterocycles. The second kappa shape index (κ2) is 10.5. The number of thiophene rings is 1. The van der Waals surface area contributed by atoms with E-state index in [0.717, 1.165) is 39.0 Å². The molecule has 7 aromatic carbocycles. The average Bonchev–Trinajstić information content (AvgIpc) is 3.68. The first-order valence-corrected chi connectivity index (χ1v) is 16.0. The lowest BCUT2D eigenvalue weighted by Gasteiger charge is -2.26. The topological polar surface area (TPSA) is 16.4 Å². The van der Waals surface area contributed by atoms with Gasteiger partial charge in [0.1, 0.15) is 5.58 Å². The summed E-state index contributed by atoms with van der Waals surface area (Å²) in [6, 6.07) is 58.4. The monoisotopic (exact) mass is 593 g/mol. The van der Waals surface area contributed by atoms with Gasteiger partial charge in [0.15, 0.2) is 5.58 Å². The van der Waals surface area contributed by atoms with E-state index in [1.54, 1.807) is 0 Å². The van der Waals surface area contributed by atoms with Gasteiger partial charge in [0, 0.05) is 42.3 Å². The predicted molar refractivity (Wildman–Crippen MR) is 192 cm³/mol. The Kier molecular flexibility index (Phi) is 6.03. The van der Waals surface area contributed by atoms with Crippen molar-refractivity contribution < 1.29 is 4.42 Å². The van der Waals surface area contributed by atoms with Crippen molar-refractivity contribution in [2.24, 2.45) is 0 Å². The highest BCUT2D eigenvalue weighted by molar-refractivity contribution is 7.25. The van der Waals surface area contributed by atoms with Gasteiger partial charge in [-0.25, -0.2) is 0 Å². The lowest BCUT2D eigenvalue weighted by atomic mass is 9.94. The molecule has 0 aliphatic rings. The second-order valence-electron chi connectivity index (χ2n) is 11.3. The molecule has 9 aromatic rings. The van der Waals surface area contributed by atoms with Crippen molar-refractivity contribution in [1.29, 1.82) is 0 Å².